The molecule has 0 amide bonds. The van der Waals surface area contributed by atoms with E-state index >= 15 is 0 Å². The molecule has 3 aromatic rings. The van der Waals surface area contributed by atoms with Crippen LogP contribution in [-0.2, 0) is 12.2 Å². The molecule has 23 heavy (non-hydrogen) atoms. The highest BCUT2D eigenvalue weighted by molar-refractivity contribution is 7.98. The molecule has 0 saturated heterocycles. The van der Waals surface area contributed by atoms with Gasteiger partial charge >= 0.3 is 0 Å². The first kappa shape index (κ1) is 14.8. The van der Waals surface area contributed by atoms with Gasteiger partial charge in [0.1, 0.15) is 11.5 Å². The molecule has 3 heterocycles. The number of nitrogens with one attached hydrogen (secondary N) is 1. The highest BCUT2D eigenvalue weighted by Crippen LogP contribution is 2.28. The molecule has 0 unspecified atom stereocenters. The maximum Gasteiger partial charge on any atom is 0.208 e. The summed E-state index contributed by atoms with van der Waals surface area (Å²) in [7, 11) is 0. The van der Waals surface area contributed by atoms with Crippen molar-refractivity contribution in [2.45, 2.75) is 49.4 Å². The SMILES string of the molecule is c1ccn2cc(CSc3n[nH]c(CCC4CCCC4)n3)nc2c1. The van der Waals surface area contributed by atoms with Gasteiger partial charge in [-0.05, 0) is 24.5 Å². The van der Waals surface area contributed by atoms with Crippen LogP contribution in [0.5, 0.6) is 0 Å². The first-order chi connectivity index (χ1) is 11.4. The molecule has 0 aliphatic heterocycles. The minimum Gasteiger partial charge on any atom is -0.307 e. The maximum atomic E-state index is 4.60. The Morgan fingerprint density at radius 2 is 2.13 bits per heavy atom. The van der Waals surface area contributed by atoms with Gasteiger partial charge in [-0.2, -0.15) is 0 Å². The van der Waals surface area contributed by atoms with E-state index in [-0.39, 0.29) is 0 Å². The van der Waals surface area contributed by atoms with Crippen molar-refractivity contribution in [1.29, 1.82) is 0 Å². The maximum absolute atomic E-state index is 4.60. The smallest absolute Gasteiger partial charge is 0.208 e. The van der Waals surface area contributed by atoms with Gasteiger partial charge in [0.2, 0.25) is 5.16 Å². The molecule has 120 valence electrons. The van der Waals surface area contributed by atoms with E-state index in [1.807, 2.05) is 28.8 Å². The Bertz CT molecular complexity index is 739. The van der Waals surface area contributed by atoms with Gasteiger partial charge in [0.15, 0.2) is 0 Å². The lowest BCUT2D eigenvalue weighted by Crippen LogP contribution is -1.97. The number of H-pyrrole nitrogens is 1. The molecule has 1 N–H and O–H groups in total. The predicted octanol–water partition coefficient (Wildman–Crippen LogP) is 3.87. The second-order valence-electron chi connectivity index (χ2n) is 6.24. The summed E-state index contributed by atoms with van der Waals surface area (Å²) in [4.78, 5) is 9.20. The lowest BCUT2D eigenvalue weighted by molar-refractivity contribution is 0.497. The first-order valence-corrected chi connectivity index (χ1v) is 9.32. The highest BCUT2D eigenvalue weighted by atomic mass is 32.2. The Kier molecular flexibility index (Phi) is 4.33. The summed E-state index contributed by atoms with van der Waals surface area (Å²) < 4.78 is 2.04. The number of aryl methyl sites for hydroxylation is 1. The Morgan fingerprint density at radius 3 is 3.00 bits per heavy atom. The molecular formula is C17H21N5S. The molecule has 1 aliphatic rings. The van der Waals surface area contributed by atoms with Gasteiger partial charge in [-0.15, -0.1) is 5.10 Å². The fraction of sp³-hybridized carbons (Fsp3) is 0.471. The van der Waals surface area contributed by atoms with Gasteiger partial charge < -0.3 is 4.40 Å². The van der Waals surface area contributed by atoms with E-state index in [9.17, 15) is 0 Å². The molecule has 6 heteroatoms. The van der Waals surface area contributed by atoms with E-state index in [0.29, 0.717) is 0 Å². The average Bonchev–Trinajstić information content (AvgIpc) is 3.30. The average molecular weight is 327 g/mol. The Labute approximate surface area is 139 Å². The zero-order valence-electron chi connectivity index (χ0n) is 13.1. The molecule has 0 spiro atoms. The number of rotatable bonds is 6. The van der Waals surface area contributed by atoms with Crippen LogP contribution in [0.4, 0.5) is 0 Å². The van der Waals surface area contributed by atoms with Gasteiger partial charge in [-0.1, -0.05) is 43.5 Å². The number of imidazole rings is 1. The van der Waals surface area contributed by atoms with Crippen molar-refractivity contribution >= 4 is 17.4 Å². The molecule has 0 radical (unpaired) electrons. The van der Waals surface area contributed by atoms with Crippen LogP contribution in [-0.4, -0.2) is 24.6 Å². The van der Waals surface area contributed by atoms with Crippen molar-refractivity contribution in [2.75, 3.05) is 0 Å². The van der Waals surface area contributed by atoms with Crippen LogP contribution < -0.4 is 0 Å². The van der Waals surface area contributed by atoms with Crippen LogP contribution in [0.25, 0.3) is 5.65 Å². The number of fused-ring (bicyclic) bond motifs is 1. The predicted molar refractivity (Wildman–Crippen MR) is 91.4 cm³/mol. The molecule has 0 atom stereocenters. The monoisotopic (exact) mass is 327 g/mol. The molecule has 1 fully saturated rings. The highest BCUT2D eigenvalue weighted by Gasteiger charge is 2.15. The minimum absolute atomic E-state index is 0.793. The standard InChI is InChI=1S/C17H21N5S/c1-2-6-13(5-1)8-9-15-19-17(21-20-15)23-12-14-11-22-10-4-3-7-16(22)18-14/h3-4,7,10-11,13H,1-2,5-6,8-9,12H2,(H,19,20,21). The van der Waals surface area contributed by atoms with Gasteiger partial charge in [0.05, 0.1) is 5.69 Å². The quantitative estimate of drug-likeness (QED) is 0.698. The summed E-state index contributed by atoms with van der Waals surface area (Å²) in [5, 5.41) is 8.23. The molecule has 0 aromatic carbocycles. The zero-order chi connectivity index (χ0) is 15.5. The van der Waals surface area contributed by atoms with Crippen molar-refractivity contribution in [3.8, 4) is 0 Å². The Hall–Kier alpha value is -1.82. The van der Waals surface area contributed by atoms with Crippen LogP contribution in [0.2, 0.25) is 0 Å². The topological polar surface area (TPSA) is 58.9 Å². The number of hydrogen-bond acceptors (Lipinski definition) is 4. The fourth-order valence-electron chi connectivity index (χ4n) is 3.29. The molecule has 1 aliphatic carbocycles. The third kappa shape index (κ3) is 3.58. The number of thioether (sulfide) groups is 1. The Morgan fingerprint density at radius 1 is 1.22 bits per heavy atom. The van der Waals surface area contributed by atoms with Crippen LogP contribution >= 0.6 is 11.8 Å². The van der Waals surface area contributed by atoms with Crippen molar-refractivity contribution in [2.24, 2.45) is 5.92 Å². The fourth-order valence-corrected chi connectivity index (χ4v) is 3.99. The second kappa shape index (κ2) is 6.74. The summed E-state index contributed by atoms with van der Waals surface area (Å²) in [6.45, 7) is 0. The van der Waals surface area contributed by atoms with E-state index in [1.165, 1.54) is 32.1 Å². The normalized spacial score (nSPS) is 15.7. The van der Waals surface area contributed by atoms with E-state index in [0.717, 1.165) is 40.4 Å². The third-order valence-corrected chi connectivity index (χ3v) is 5.42. The lowest BCUT2D eigenvalue weighted by atomic mass is 10.0. The summed E-state index contributed by atoms with van der Waals surface area (Å²) in [5.74, 6) is 2.71. The van der Waals surface area contributed by atoms with Crippen molar-refractivity contribution < 1.29 is 0 Å². The number of aromatic nitrogens is 5. The molecule has 0 bridgehead atoms. The summed E-state index contributed by atoms with van der Waals surface area (Å²) in [6.07, 6.45) is 11.9. The van der Waals surface area contributed by atoms with E-state index < -0.39 is 0 Å². The summed E-state index contributed by atoms with van der Waals surface area (Å²) in [6, 6.07) is 6.03. The largest absolute Gasteiger partial charge is 0.307 e. The summed E-state index contributed by atoms with van der Waals surface area (Å²) >= 11 is 1.64. The molecule has 1 saturated carbocycles. The van der Waals surface area contributed by atoms with E-state index in [2.05, 4.69) is 26.4 Å². The number of hydrogen-bond donors (Lipinski definition) is 1. The number of pyridine rings is 1. The van der Waals surface area contributed by atoms with Crippen LogP contribution in [0, 0.1) is 5.92 Å². The molecule has 5 nitrogen and oxygen atoms in total. The van der Waals surface area contributed by atoms with Crippen molar-refractivity contribution in [3.05, 3.63) is 42.1 Å². The van der Waals surface area contributed by atoms with Gasteiger partial charge in [-0.3, -0.25) is 5.10 Å². The van der Waals surface area contributed by atoms with E-state index in [4.69, 9.17) is 0 Å². The Balaban J connectivity index is 1.32. The molecular weight excluding hydrogens is 306 g/mol. The lowest BCUT2D eigenvalue weighted by Gasteiger charge is -2.05. The number of nitrogens with zero attached hydrogens (tertiary/aromatic N) is 4. The van der Waals surface area contributed by atoms with Crippen molar-refractivity contribution in [1.82, 2.24) is 24.6 Å². The first-order valence-electron chi connectivity index (χ1n) is 8.33. The summed E-state index contributed by atoms with van der Waals surface area (Å²) in [5.41, 5.74) is 2.04. The minimum atomic E-state index is 0.793. The third-order valence-electron chi connectivity index (χ3n) is 4.54. The van der Waals surface area contributed by atoms with Crippen LogP contribution in [0.3, 0.4) is 0 Å². The van der Waals surface area contributed by atoms with Gasteiger partial charge in [-0.25, -0.2) is 9.97 Å². The van der Waals surface area contributed by atoms with Gasteiger partial charge in [0, 0.05) is 24.6 Å². The molecule has 4 rings (SSSR count). The van der Waals surface area contributed by atoms with Crippen LogP contribution in [0.1, 0.15) is 43.6 Å². The van der Waals surface area contributed by atoms with Gasteiger partial charge in [0.25, 0.3) is 0 Å². The number of aromatic amines is 1. The second-order valence-corrected chi connectivity index (χ2v) is 7.18. The zero-order valence-corrected chi connectivity index (χ0v) is 13.9. The molecule has 3 aromatic heterocycles. The van der Waals surface area contributed by atoms with Crippen molar-refractivity contribution in [3.63, 3.8) is 0 Å². The van der Waals surface area contributed by atoms with E-state index in [1.54, 1.807) is 11.8 Å². The van der Waals surface area contributed by atoms with Crippen LogP contribution in [0.15, 0.2) is 35.7 Å².